The van der Waals surface area contributed by atoms with E-state index in [1.54, 1.807) is 0 Å². The van der Waals surface area contributed by atoms with E-state index >= 15 is 0 Å². The zero-order chi connectivity index (χ0) is 16.1. The van der Waals surface area contributed by atoms with Gasteiger partial charge in [-0.05, 0) is 31.9 Å². The van der Waals surface area contributed by atoms with Gasteiger partial charge in [-0.15, -0.1) is 0 Å². The van der Waals surface area contributed by atoms with E-state index < -0.39 is 0 Å². The number of carbonyl (C=O) groups excluding carboxylic acids is 1. The molecule has 0 aliphatic carbocycles. The summed E-state index contributed by atoms with van der Waals surface area (Å²) in [4.78, 5) is 16.6. The molecule has 1 atom stereocenters. The molecule has 2 heterocycles. The first kappa shape index (κ1) is 16.3. The Hall–Kier alpha value is -1.59. The van der Waals surface area contributed by atoms with E-state index in [1.165, 1.54) is 5.56 Å². The summed E-state index contributed by atoms with van der Waals surface area (Å²) >= 11 is 0. The minimum Gasteiger partial charge on any atom is -0.492 e. The molecule has 5 heteroatoms. The fraction of sp³-hybridized carbons (Fsp3) is 0.611. The van der Waals surface area contributed by atoms with Gasteiger partial charge in [0.25, 0.3) is 5.91 Å². The molecule has 0 aromatic heterocycles. The third kappa shape index (κ3) is 4.45. The van der Waals surface area contributed by atoms with Crippen LogP contribution in [0.4, 0.5) is 0 Å². The fourth-order valence-electron chi connectivity index (χ4n) is 3.10. The van der Waals surface area contributed by atoms with Crippen LogP contribution in [0.5, 0.6) is 5.75 Å². The normalized spacial score (nSPS) is 22.3. The monoisotopic (exact) mass is 318 g/mol. The average molecular weight is 318 g/mol. The predicted molar refractivity (Wildman–Crippen MR) is 88.7 cm³/mol. The molecule has 1 aromatic rings. The number of amides is 1. The van der Waals surface area contributed by atoms with Gasteiger partial charge in [-0.3, -0.25) is 9.69 Å². The Morgan fingerprint density at radius 2 is 1.96 bits per heavy atom. The summed E-state index contributed by atoms with van der Waals surface area (Å²) in [5.74, 6) is 1.10. The molecule has 0 saturated carbocycles. The number of carbonyl (C=O) groups is 1. The summed E-state index contributed by atoms with van der Waals surface area (Å²) in [5, 5.41) is 0. The van der Waals surface area contributed by atoms with Gasteiger partial charge in [0.2, 0.25) is 0 Å². The number of nitrogens with zero attached hydrogens (tertiary/aromatic N) is 2. The topological polar surface area (TPSA) is 42.0 Å². The van der Waals surface area contributed by atoms with E-state index in [2.05, 4.69) is 24.0 Å². The molecule has 1 amide bonds. The van der Waals surface area contributed by atoms with Crippen LogP contribution < -0.4 is 4.74 Å². The van der Waals surface area contributed by atoms with Crippen molar-refractivity contribution in [3.8, 4) is 5.75 Å². The molecule has 5 nitrogen and oxygen atoms in total. The fourth-order valence-corrected chi connectivity index (χ4v) is 3.10. The van der Waals surface area contributed by atoms with Crippen molar-refractivity contribution in [1.82, 2.24) is 9.80 Å². The van der Waals surface area contributed by atoms with Crippen LogP contribution in [0.25, 0.3) is 0 Å². The lowest BCUT2D eigenvalue weighted by Crippen LogP contribution is -2.52. The number of ether oxygens (including phenoxy) is 2. The van der Waals surface area contributed by atoms with Gasteiger partial charge in [0.15, 0.2) is 0 Å². The van der Waals surface area contributed by atoms with E-state index in [1.807, 2.05) is 17.0 Å². The van der Waals surface area contributed by atoms with E-state index in [4.69, 9.17) is 9.47 Å². The highest BCUT2D eigenvalue weighted by atomic mass is 16.5. The van der Waals surface area contributed by atoms with Gasteiger partial charge >= 0.3 is 0 Å². The van der Waals surface area contributed by atoms with Gasteiger partial charge in [0, 0.05) is 39.3 Å². The van der Waals surface area contributed by atoms with Crippen LogP contribution in [0.3, 0.4) is 0 Å². The average Bonchev–Trinajstić information content (AvgIpc) is 3.11. The number of aryl methyl sites for hydroxylation is 1. The van der Waals surface area contributed by atoms with Gasteiger partial charge in [-0.25, -0.2) is 0 Å². The molecule has 0 spiro atoms. The van der Waals surface area contributed by atoms with Gasteiger partial charge < -0.3 is 14.4 Å². The first-order valence-electron chi connectivity index (χ1n) is 8.54. The highest BCUT2D eigenvalue weighted by molar-refractivity contribution is 5.81. The first-order chi connectivity index (χ1) is 11.2. The summed E-state index contributed by atoms with van der Waals surface area (Å²) in [5.41, 5.74) is 1.24. The Balaban J connectivity index is 1.36. The quantitative estimate of drug-likeness (QED) is 0.829. The third-order valence-electron chi connectivity index (χ3n) is 4.59. The smallest absolute Gasteiger partial charge is 0.251 e. The molecule has 2 aliphatic rings. The van der Waals surface area contributed by atoms with Crippen molar-refractivity contribution in [3.05, 3.63) is 29.8 Å². The zero-order valence-electron chi connectivity index (χ0n) is 13.9. The Labute approximate surface area is 138 Å². The third-order valence-corrected chi connectivity index (χ3v) is 4.59. The standard InChI is InChI=1S/C18H26N2O3/c1-15-4-6-16(7-5-15)22-14-12-19-8-10-20(11-9-19)18(21)17-3-2-13-23-17/h4-7,17H,2-3,8-14H2,1H3/t17-/m1/s1. The van der Waals surface area contributed by atoms with Crippen LogP contribution in [-0.2, 0) is 9.53 Å². The highest BCUT2D eigenvalue weighted by Crippen LogP contribution is 2.16. The number of piperazine rings is 1. The molecule has 0 radical (unpaired) electrons. The van der Waals surface area contributed by atoms with E-state index in [0.717, 1.165) is 57.9 Å². The number of hydrogen-bond donors (Lipinski definition) is 0. The largest absolute Gasteiger partial charge is 0.492 e. The van der Waals surface area contributed by atoms with Gasteiger partial charge in [0.05, 0.1) is 0 Å². The second kappa shape index (κ2) is 7.79. The van der Waals surface area contributed by atoms with Crippen molar-refractivity contribution in [1.29, 1.82) is 0 Å². The SMILES string of the molecule is Cc1ccc(OCCN2CCN(C(=O)[C@H]3CCCO3)CC2)cc1. The Kier molecular flexibility index (Phi) is 5.51. The maximum absolute atomic E-state index is 12.3. The van der Waals surface area contributed by atoms with Crippen molar-refractivity contribution in [2.24, 2.45) is 0 Å². The van der Waals surface area contributed by atoms with Gasteiger partial charge in [-0.1, -0.05) is 17.7 Å². The molecule has 2 saturated heterocycles. The van der Waals surface area contributed by atoms with Gasteiger partial charge in [0.1, 0.15) is 18.5 Å². The molecule has 1 aromatic carbocycles. The summed E-state index contributed by atoms with van der Waals surface area (Å²) in [6.45, 7) is 7.80. The summed E-state index contributed by atoms with van der Waals surface area (Å²) in [6, 6.07) is 8.14. The van der Waals surface area contributed by atoms with Crippen LogP contribution in [0.15, 0.2) is 24.3 Å². The van der Waals surface area contributed by atoms with Gasteiger partial charge in [-0.2, -0.15) is 0 Å². The predicted octanol–water partition coefficient (Wildman–Crippen LogP) is 1.70. The summed E-state index contributed by atoms with van der Waals surface area (Å²) in [7, 11) is 0. The van der Waals surface area contributed by atoms with E-state index in [9.17, 15) is 4.79 Å². The molecule has 3 rings (SSSR count). The number of hydrogen-bond acceptors (Lipinski definition) is 4. The van der Waals surface area contributed by atoms with Crippen LogP contribution in [0, 0.1) is 6.92 Å². The summed E-state index contributed by atoms with van der Waals surface area (Å²) in [6.07, 6.45) is 1.70. The van der Waals surface area contributed by atoms with Crippen LogP contribution in [0.2, 0.25) is 0 Å². The lowest BCUT2D eigenvalue weighted by molar-refractivity contribution is -0.142. The van der Waals surface area contributed by atoms with Crippen LogP contribution >= 0.6 is 0 Å². The molecule has 0 bridgehead atoms. The molecular weight excluding hydrogens is 292 g/mol. The van der Waals surface area contributed by atoms with E-state index in [-0.39, 0.29) is 12.0 Å². The van der Waals surface area contributed by atoms with Crippen molar-refractivity contribution in [3.63, 3.8) is 0 Å². The van der Waals surface area contributed by atoms with Crippen LogP contribution in [-0.4, -0.2) is 67.7 Å². The zero-order valence-corrected chi connectivity index (χ0v) is 13.9. The lowest BCUT2D eigenvalue weighted by atomic mass is 10.2. The van der Waals surface area contributed by atoms with E-state index in [0.29, 0.717) is 6.61 Å². The molecule has 2 aliphatic heterocycles. The van der Waals surface area contributed by atoms with Crippen LogP contribution in [0.1, 0.15) is 18.4 Å². The molecule has 126 valence electrons. The minimum absolute atomic E-state index is 0.179. The second-order valence-electron chi connectivity index (χ2n) is 6.33. The maximum atomic E-state index is 12.3. The van der Waals surface area contributed by atoms with Crippen molar-refractivity contribution in [2.45, 2.75) is 25.9 Å². The summed E-state index contributed by atoms with van der Waals surface area (Å²) < 4.78 is 11.3. The van der Waals surface area contributed by atoms with Crippen molar-refractivity contribution in [2.75, 3.05) is 45.9 Å². The second-order valence-corrected chi connectivity index (χ2v) is 6.33. The van der Waals surface area contributed by atoms with Crippen molar-refractivity contribution < 1.29 is 14.3 Å². The number of benzene rings is 1. The minimum atomic E-state index is -0.188. The molecular formula is C18H26N2O3. The lowest BCUT2D eigenvalue weighted by Gasteiger charge is -2.35. The van der Waals surface area contributed by atoms with Crippen molar-refractivity contribution >= 4 is 5.91 Å². The highest BCUT2D eigenvalue weighted by Gasteiger charge is 2.30. The Bertz CT molecular complexity index is 504. The first-order valence-corrected chi connectivity index (χ1v) is 8.54. The Morgan fingerprint density at radius 1 is 1.22 bits per heavy atom. The molecule has 2 fully saturated rings. The molecule has 0 N–H and O–H groups in total. The number of rotatable bonds is 5. The Morgan fingerprint density at radius 3 is 2.61 bits per heavy atom. The molecule has 23 heavy (non-hydrogen) atoms. The maximum Gasteiger partial charge on any atom is 0.251 e. The molecule has 0 unspecified atom stereocenters.